The van der Waals surface area contributed by atoms with Crippen molar-refractivity contribution >= 4 is 0 Å². The summed E-state index contributed by atoms with van der Waals surface area (Å²) in [6, 6.07) is 8.86. The predicted molar refractivity (Wildman–Crippen MR) is 80.9 cm³/mol. The third kappa shape index (κ3) is 3.61. The lowest BCUT2D eigenvalue weighted by molar-refractivity contribution is 0.414. The van der Waals surface area contributed by atoms with E-state index in [1.807, 2.05) is 23.0 Å². The molecule has 0 radical (unpaired) electrons. The van der Waals surface area contributed by atoms with Crippen molar-refractivity contribution in [3.8, 4) is 5.75 Å². The van der Waals surface area contributed by atoms with Gasteiger partial charge in [-0.15, -0.1) is 0 Å². The average Bonchev–Trinajstić information content (AvgIpc) is 2.94. The van der Waals surface area contributed by atoms with Crippen LogP contribution in [0, 0.1) is 0 Å². The summed E-state index contributed by atoms with van der Waals surface area (Å²) in [4.78, 5) is 0. The molecule has 4 nitrogen and oxygen atoms in total. The number of hydrogen-bond donors (Lipinski definition) is 1. The zero-order valence-corrected chi connectivity index (χ0v) is 12.6. The van der Waals surface area contributed by atoms with Gasteiger partial charge >= 0.3 is 0 Å². The van der Waals surface area contributed by atoms with E-state index in [4.69, 9.17) is 4.74 Å². The van der Waals surface area contributed by atoms with Crippen LogP contribution in [-0.2, 0) is 6.54 Å². The molecule has 0 aliphatic carbocycles. The van der Waals surface area contributed by atoms with Gasteiger partial charge in [-0.2, -0.15) is 5.10 Å². The van der Waals surface area contributed by atoms with Gasteiger partial charge in [-0.05, 0) is 38.5 Å². The first kappa shape index (κ1) is 14.6. The topological polar surface area (TPSA) is 39.1 Å². The molecule has 0 aliphatic heterocycles. The van der Waals surface area contributed by atoms with Crippen LogP contribution in [0.5, 0.6) is 5.75 Å². The maximum atomic E-state index is 5.17. The molecule has 0 aliphatic rings. The summed E-state index contributed by atoms with van der Waals surface area (Å²) in [7, 11) is 1.68. The summed E-state index contributed by atoms with van der Waals surface area (Å²) in [5.74, 6) is 0.888. The second-order valence-corrected chi connectivity index (χ2v) is 5.30. The minimum atomic E-state index is 0.295. The largest absolute Gasteiger partial charge is 0.497 e. The Hall–Kier alpha value is -1.81. The highest BCUT2D eigenvalue weighted by Gasteiger charge is 2.07. The van der Waals surface area contributed by atoms with Gasteiger partial charge in [-0.25, -0.2) is 0 Å². The highest BCUT2D eigenvalue weighted by Crippen LogP contribution is 2.17. The molecule has 0 saturated carbocycles. The van der Waals surface area contributed by atoms with Crippen LogP contribution in [0.1, 0.15) is 44.0 Å². The van der Waals surface area contributed by atoms with Crippen LogP contribution in [0.4, 0.5) is 0 Å². The lowest BCUT2D eigenvalue weighted by atomic mass is 10.1. The monoisotopic (exact) mass is 273 g/mol. The molecule has 0 spiro atoms. The summed E-state index contributed by atoms with van der Waals surface area (Å²) in [5, 5.41) is 7.86. The maximum Gasteiger partial charge on any atom is 0.118 e. The molecule has 1 heterocycles. The van der Waals surface area contributed by atoms with Crippen molar-refractivity contribution in [1.29, 1.82) is 0 Å². The van der Waals surface area contributed by atoms with Gasteiger partial charge in [-0.3, -0.25) is 4.68 Å². The highest BCUT2D eigenvalue weighted by molar-refractivity contribution is 5.28. The fourth-order valence-electron chi connectivity index (χ4n) is 2.03. The Morgan fingerprint density at radius 3 is 2.45 bits per heavy atom. The van der Waals surface area contributed by atoms with Crippen molar-refractivity contribution in [3.63, 3.8) is 0 Å². The minimum Gasteiger partial charge on any atom is -0.497 e. The molecule has 1 N–H and O–H groups in total. The van der Waals surface area contributed by atoms with Crippen LogP contribution in [0.3, 0.4) is 0 Å². The second kappa shape index (κ2) is 6.57. The molecule has 2 rings (SSSR count). The number of nitrogens with zero attached hydrogens (tertiary/aromatic N) is 2. The van der Waals surface area contributed by atoms with E-state index in [9.17, 15) is 0 Å². The third-order valence-electron chi connectivity index (χ3n) is 3.41. The maximum absolute atomic E-state index is 5.17. The van der Waals surface area contributed by atoms with E-state index >= 15 is 0 Å². The molecule has 1 atom stereocenters. The predicted octanol–water partition coefficient (Wildman–Crippen LogP) is 3.32. The van der Waals surface area contributed by atoms with Crippen LogP contribution in [0.15, 0.2) is 36.7 Å². The number of ether oxygens (including phenoxy) is 1. The van der Waals surface area contributed by atoms with E-state index in [0.29, 0.717) is 12.1 Å². The van der Waals surface area contributed by atoms with Crippen molar-refractivity contribution in [2.24, 2.45) is 0 Å². The van der Waals surface area contributed by atoms with Crippen molar-refractivity contribution in [3.05, 3.63) is 47.8 Å². The van der Waals surface area contributed by atoms with Crippen molar-refractivity contribution in [1.82, 2.24) is 15.1 Å². The summed E-state index contributed by atoms with van der Waals surface area (Å²) in [6.07, 6.45) is 4.02. The van der Waals surface area contributed by atoms with E-state index in [0.717, 1.165) is 12.3 Å². The van der Waals surface area contributed by atoms with E-state index in [1.165, 1.54) is 11.1 Å². The summed E-state index contributed by atoms with van der Waals surface area (Å²) >= 11 is 0. The van der Waals surface area contributed by atoms with Gasteiger partial charge in [-0.1, -0.05) is 12.1 Å². The van der Waals surface area contributed by atoms with Crippen LogP contribution in [0.2, 0.25) is 0 Å². The molecular weight excluding hydrogens is 250 g/mol. The second-order valence-electron chi connectivity index (χ2n) is 5.30. The lowest BCUT2D eigenvalue weighted by Gasteiger charge is -2.14. The fourth-order valence-corrected chi connectivity index (χ4v) is 2.03. The van der Waals surface area contributed by atoms with Crippen molar-refractivity contribution in [2.75, 3.05) is 7.11 Å². The molecule has 108 valence electrons. The van der Waals surface area contributed by atoms with Gasteiger partial charge in [0.25, 0.3) is 0 Å². The van der Waals surface area contributed by atoms with Crippen LogP contribution < -0.4 is 10.1 Å². The molecule has 20 heavy (non-hydrogen) atoms. The molecule has 0 saturated heterocycles. The normalized spacial score (nSPS) is 12.7. The molecule has 2 aromatic rings. The van der Waals surface area contributed by atoms with Gasteiger partial charge in [0.2, 0.25) is 0 Å². The van der Waals surface area contributed by atoms with Gasteiger partial charge < -0.3 is 10.1 Å². The molecular formula is C16H23N3O. The first-order chi connectivity index (χ1) is 9.60. The molecule has 1 aromatic heterocycles. The number of aromatic nitrogens is 2. The van der Waals surface area contributed by atoms with Crippen LogP contribution >= 0.6 is 0 Å². The minimum absolute atomic E-state index is 0.295. The Morgan fingerprint density at radius 2 is 1.90 bits per heavy atom. The van der Waals surface area contributed by atoms with E-state index in [-0.39, 0.29) is 0 Å². The Bertz CT molecular complexity index is 531. The number of methoxy groups -OCH3 is 1. The molecule has 0 amide bonds. The summed E-state index contributed by atoms with van der Waals surface area (Å²) in [6.45, 7) is 7.24. The smallest absolute Gasteiger partial charge is 0.118 e. The Morgan fingerprint density at radius 1 is 1.20 bits per heavy atom. The number of hydrogen-bond acceptors (Lipinski definition) is 3. The quantitative estimate of drug-likeness (QED) is 0.877. The number of benzene rings is 1. The molecule has 4 heteroatoms. The van der Waals surface area contributed by atoms with Gasteiger partial charge in [0, 0.05) is 30.4 Å². The molecule has 1 aromatic carbocycles. The van der Waals surface area contributed by atoms with E-state index in [1.54, 1.807) is 7.11 Å². The third-order valence-corrected chi connectivity index (χ3v) is 3.41. The van der Waals surface area contributed by atoms with Crippen LogP contribution in [0.25, 0.3) is 0 Å². The molecule has 0 fully saturated rings. The first-order valence-electron chi connectivity index (χ1n) is 7.00. The van der Waals surface area contributed by atoms with Gasteiger partial charge in [0.05, 0.1) is 13.3 Å². The zero-order chi connectivity index (χ0) is 14.5. The summed E-state index contributed by atoms with van der Waals surface area (Å²) in [5.41, 5.74) is 2.46. The lowest BCUT2D eigenvalue weighted by Crippen LogP contribution is -2.17. The number of nitrogens with one attached hydrogen (secondary N) is 1. The molecule has 0 unspecified atom stereocenters. The first-order valence-corrected chi connectivity index (χ1v) is 7.00. The van der Waals surface area contributed by atoms with E-state index < -0.39 is 0 Å². The Labute approximate surface area is 120 Å². The van der Waals surface area contributed by atoms with Gasteiger partial charge in [0.1, 0.15) is 5.75 Å². The number of rotatable bonds is 6. The molecule has 0 bridgehead atoms. The van der Waals surface area contributed by atoms with Crippen molar-refractivity contribution in [2.45, 2.75) is 39.4 Å². The summed E-state index contributed by atoms with van der Waals surface area (Å²) < 4.78 is 7.15. The van der Waals surface area contributed by atoms with Crippen LogP contribution in [-0.4, -0.2) is 16.9 Å². The average molecular weight is 273 g/mol. The van der Waals surface area contributed by atoms with E-state index in [2.05, 4.69) is 49.5 Å². The fraction of sp³-hybridized carbons (Fsp3) is 0.438. The highest BCUT2D eigenvalue weighted by atomic mass is 16.5. The SMILES string of the molecule is COc1ccc([C@H](C)NCc2cnn(C(C)C)c2)cc1. The Kier molecular flexibility index (Phi) is 4.79. The van der Waals surface area contributed by atoms with Crippen molar-refractivity contribution < 1.29 is 4.74 Å². The van der Waals surface area contributed by atoms with Gasteiger partial charge in [0.15, 0.2) is 0 Å². The standard InChI is InChI=1S/C16H23N3O/c1-12(2)19-11-14(10-18-19)9-17-13(3)15-5-7-16(20-4)8-6-15/h5-8,10-13,17H,9H2,1-4H3/t13-/m0/s1. The zero-order valence-electron chi connectivity index (χ0n) is 12.6. The Balaban J connectivity index is 1.91.